The van der Waals surface area contributed by atoms with E-state index >= 15 is 0 Å². The van der Waals surface area contributed by atoms with Crippen LogP contribution in [0.5, 0.6) is 0 Å². The fourth-order valence-corrected chi connectivity index (χ4v) is 4.57. The number of anilines is 1. The van der Waals surface area contributed by atoms with E-state index in [4.69, 9.17) is 4.74 Å². The molecule has 30 heavy (non-hydrogen) atoms. The van der Waals surface area contributed by atoms with E-state index in [0.717, 1.165) is 41.8 Å². The van der Waals surface area contributed by atoms with Gasteiger partial charge in [0.25, 0.3) is 0 Å². The Labute approximate surface area is 178 Å². The predicted octanol–water partition coefficient (Wildman–Crippen LogP) is 4.46. The van der Waals surface area contributed by atoms with Gasteiger partial charge in [0.15, 0.2) is 0 Å². The second kappa shape index (κ2) is 8.41. The van der Waals surface area contributed by atoms with Gasteiger partial charge >= 0.3 is 0 Å². The van der Waals surface area contributed by atoms with Gasteiger partial charge in [0.1, 0.15) is 6.29 Å². The third-order valence-corrected chi connectivity index (χ3v) is 6.29. The maximum atomic E-state index is 12.0. The van der Waals surface area contributed by atoms with Crippen molar-refractivity contribution in [3.8, 4) is 0 Å². The lowest BCUT2D eigenvalue weighted by molar-refractivity contribution is -0.108. The van der Waals surface area contributed by atoms with Crippen molar-refractivity contribution in [1.29, 1.82) is 0 Å². The van der Waals surface area contributed by atoms with Gasteiger partial charge in [-0.3, -0.25) is 4.98 Å². The zero-order valence-electron chi connectivity index (χ0n) is 17.8. The number of benzene rings is 2. The zero-order valence-corrected chi connectivity index (χ0v) is 17.8. The Morgan fingerprint density at radius 2 is 1.80 bits per heavy atom. The molecule has 1 saturated heterocycles. The van der Waals surface area contributed by atoms with Gasteiger partial charge in [-0.1, -0.05) is 36.4 Å². The number of carbonyl (C=O) groups excluding carboxylic acids is 1. The van der Waals surface area contributed by atoms with Crippen molar-refractivity contribution < 1.29 is 9.53 Å². The summed E-state index contributed by atoms with van der Waals surface area (Å²) in [6, 6.07) is 21.1. The number of ether oxygens (including phenoxy) is 1. The summed E-state index contributed by atoms with van der Waals surface area (Å²) in [6.07, 6.45) is 3.55. The van der Waals surface area contributed by atoms with Crippen molar-refractivity contribution >= 4 is 12.0 Å². The first-order valence-electron chi connectivity index (χ1n) is 10.4. The number of aromatic nitrogens is 1. The number of methoxy groups -OCH3 is 1. The third-order valence-electron chi connectivity index (χ3n) is 6.29. The number of rotatable bonds is 7. The van der Waals surface area contributed by atoms with Crippen LogP contribution in [0.3, 0.4) is 0 Å². The van der Waals surface area contributed by atoms with Gasteiger partial charge in [-0.05, 0) is 60.4 Å². The van der Waals surface area contributed by atoms with Crippen LogP contribution < -0.4 is 4.90 Å². The fraction of sp³-hybridized carbons (Fsp3) is 0.308. The number of aryl methyl sites for hydroxylation is 2. The van der Waals surface area contributed by atoms with Crippen LogP contribution in [0.1, 0.15) is 34.4 Å². The summed E-state index contributed by atoms with van der Waals surface area (Å²) in [7, 11) is 1.76. The number of nitrogens with zero attached hydrogens (tertiary/aromatic N) is 2. The summed E-state index contributed by atoms with van der Waals surface area (Å²) < 4.78 is 5.40. The van der Waals surface area contributed by atoms with E-state index in [2.05, 4.69) is 65.3 Å². The molecule has 0 N–H and O–H groups in total. The molecule has 2 heterocycles. The molecule has 1 atom stereocenters. The first-order valence-corrected chi connectivity index (χ1v) is 10.4. The molecule has 0 amide bonds. The molecule has 1 aromatic heterocycles. The normalized spacial score (nSPS) is 16.0. The molecule has 1 fully saturated rings. The molecule has 3 aromatic rings. The lowest BCUT2D eigenvalue weighted by atomic mass is 9.66. The lowest BCUT2D eigenvalue weighted by Crippen LogP contribution is -2.51. The van der Waals surface area contributed by atoms with Crippen molar-refractivity contribution in [2.24, 2.45) is 0 Å². The highest BCUT2D eigenvalue weighted by Gasteiger charge is 2.37. The summed E-state index contributed by atoms with van der Waals surface area (Å²) in [4.78, 5) is 18.7. The monoisotopic (exact) mass is 400 g/mol. The number of hydrogen-bond acceptors (Lipinski definition) is 4. The Hall–Kier alpha value is -2.98. The van der Waals surface area contributed by atoms with Gasteiger partial charge in [-0.2, -0.15) is 0 Å². The van der Waals surface area contributed by atoms with E-state index < -0.39 is 5.41 Å². The Bertz CT molecular complexity index is 1030. The summed E-state index contributed by atoms with van der Waals surface area (Å²) >= 11 is 0. The van der Waals surface area contributed by atoms with E-state index in [1.165, 1.54) is 11.3 Å². The first-order chi connectivity index (χ1) is 14.6. The average Bonchev–Trinajstić information content (AvgIpc) is 2.72. The van der Waals surface area contributed by atoms with Crippen molar-refractivity contribution in [3.63, 3.8) is 0 Å². The number of pyridine rings is 1. The summed E-state index contributed by atoms with van der Waals surface area (Å²) in [5.74, 6) is 0. The number of hydrogen-bond donors (Lipinski definition) is 0. The van der Waals surface area contributed by atoms with Crippen LogP contribution in [0.2, 0.25) is 0 Å². The molecule has 2 aromatic carbocycles. The summed E-state index contributed by atoms with van der Waals surface area (Å²) in [6.45, 7) is 5.93. The first kappa shape index (κ1) is 20.3. The lowest BCUT2D eigenvalue weighted by Gasteiger charge is -2.40. The van der Waals surface area contributed by atoms with Crippen LogP contribution in [0.4, 0.5) is 5.69 Å². The van der Waals surface area contributed by atoms with Crippen molar-refractivity contribution in [1.82, 2.24) is 4.98 Å². The quantitative estimate of drug-likeness (QED) is 0.549. The van der Waals surface area contributed by atoms with E-state index in [9.17, 15) is 4.79 Å². The van der Waals surface area contributed by atoms with Crippen LogP contribution in [0.15, 0.2) is 66.9 Å². The zero-order chi connectivity index (χ0) is 21.1. The second-order valence-electron chi connectivity index (χ2n) is 8.09. The minimum Gasteiger partial charge on any atom is -0.378 e. The Morgan fingerprint density at radius 3 is 2.43 bits per heavy atom. The molecular formula is C26H28N2O2. The second-order valence-corrected chi connectivity index (χ2v) is 8.09. The van der Waals surface area contributed by atoms with Gasteiger partial charge in [-0.25, -0.2) is 0 Å². The highest BCUT2D eigenvalue weighted by atomic mass is 16.5. The molecule has 0 bridgehead atoms. The molecule has 0 aliphatic carbocycles. The van der Waals surface area contributed by atoms with Gasteiger partial charge in [-0.15, -0.1) is 0 Å². The molecule has 4 heteroatoms. The van der Waals surface area contributed by atoms with Crippen LogP contribution >= 0.6 is 0 Å². The molecule has 0 radical (unpaired) electrons. The minimum absolute atomic E-state index is 0.311. The molecule has 0 spiro atoms. The van der Waals surface area contributed by atoms with Crippen molar-refractivity contribution in [2.75, 3.05) is 25.1 Å². The van der Waals surface area contributed by atoms with E-state index in [0.29, 0.717) is 12.5 Å². The standard InChI is InChI=1S/C26H28N2O2/c1-19-6-4-5-7-25(19)26(13-15-29,22-12-14-27-20(2)16-22)21-8-10-23(11-9-21)28-17-24(18-28)30-3/h4-12,14-16,24H,13,17-18H2,1-3H3. The molecule has 1 aliphatic rings. The highest BCUT2D eigenvalue weighted by molar-refractivity contribution is 5.64. The molecule has 4 rings (SSSR count). The minimum atomic E-state index is -0.552. The van der Waals surface area contributed by atoms with E-state index in [1.807, 2.05) is 25.3 Å². The smallest absolute Gasteiger partial charge is 0.121 e. The summed E-state index contributed by atoms with van der Waals surface area (Å²) in [5.41, 5.74) is 6.10. The maximum Gasteiger partial charge on any atom is 0.121 e. The van der Waals surface area contributed by atoms with E-state index in [-0.39, 0.29) is 0 Å². The van der Waals surface area contributed by atoms with Gasteiger partial charge in [0.05, 0.1) is 11.5 Å². The van der Waals surface area contributed by atoms with Gasteiger partial charge < -0.3 is 14.4 Å². The number of aldehydes is 1. The average molecular weight is 401 g/mol. The Morgan fingerprint density at radius 1 is 1.07 bits per heavy atom. The molecule has 1 unspecified atom stereocenters. The van der Waals surface area contributed by atoms with Crippen molar-refractivity contribution in [3.05, 3.63) is 94.8 Å². The molecular weight excluding hydrogens is 372 g/mol. The largest absolute Gasteiger partial charge is 0.378 e. The topological polar surface area (TPSA) is 42.4 Å². The molecule has 154 valence electrons. The molecule has 1 aliphatic heterocycles. The highest BCUT2D eigenvalue weighted by Crippen LogP contribution is 2.43. The predicted molar refractivity (Wildman–Crippen MR) is 120 cm³/mol. The van der Waals surface area contributed by atoms with Crippen LogP contribution in [0, 0.1) is 13.8 Å². The van der Waals surface area contributed by atoms with Crippen molar-refractivity contribution in [2.45, 2.75) is 31.8 Å². The van der Waals surface area contributed by atoms with E-state index in [1.54, 1.807) is 7.11 Å². The SMILES string of the molecule is COC1CN(c2ccc(C(CC=O)(c3ccnc(C)c3)c3ccccc3C)cc2)C1. The Balaban J connectivity index is 1.85. The molecule has 4 nitrogen and oxygen atoms in total. The molecule has 0 saturated carbocycles. The summed E-state index contributed by atoms with van der Waals surface area (Å²) in [5, 5.41) is 0. The fourth-order valence-electron chi connectivity index (χ4n) is 4.57. The van der Waals surface area contributed by atoms with Gasteiger partial charge in [0.2, 0.25) is 0 Å². The van der Waals surface area contributed by atoms with Gasteiger partial charge in [0, 0.05) is 44.2 Å². The number of carbonyl (C=O) groups is 1. The van der Waals surface area contributed by atoms with Crippen LogP contribution in [-0.2, 0) is 14.9 Å². The third kappa shape index (κ3) is 3.52. The van der Waals surface area contributed by atoms with Crippen LogP contribution in [-0.4, -0.2) is 37.6 Å². The van der Waals surface area contributed by atoms with Crippen LogP contribution in [0.25, 0.3) is 0 Å². The Kier molecular flexibility index (Phi) is 5.69. The maximum absolute atomic E-state index is 12.0.